The second-order valence-electron chi connectivity index (χ2n) is 0.189. The second-order valence-corrected chi connectivity index (χ2v) is 0.567. The minimum atomic E-state index is -2.85. The first-order chi connectivity index (χ1) is 1.73. The van der Waals surface area contributed by atoms with Gasteiger partial charge in [-0.1, -0.05) is 0 Å². The van der Waals surface area contributed by atoms with Crippen molar-refractivity contribution in [1.82, 2.24) is 0 Å². The maximum Gasteiger partial charge on any atom is 1.00 e. The van der Waals surface area contributed by atoms with Crippen molar-refractivity contribution in [3.8, 4) is 0 Å². The van der Waals surface area contributed by atoms with Crippen molar-refractivity contribution < 1.29 is 71.4 Å². The van der Waals surface area contributed by atoms with Gasteiger partial charge in [0.25, 0.3) is 0 Å². The molecule has 0 spiro atoms. The van der Waals surface area contributed by atoms with Crippen molar-refractivity contribution in [2.24, 2.45) is 0 Å². The van der Waals surface area contributed by atoms with E-state index in [1.807, 2.05) is 0 Å². The number of hydrogen-bond acceptors (Lipinski definition) is 3. The van der Waals surface area contributed by atoms with Crippen molar-refractivity contribution in [3.05, 3.63) is 0 Å². The van der Waals surface area contributed by atoms with Crippen LogP contribution in [-0.4, -0.2) is 0 Å². The zero-order valence-electron chi connectivity index (χ0n) is 2.96. The molecule has 0 aliphatic rings. The molecule has 0 aromatic carbocycles. The van der Waals surface area contributed by atoms with Crippen LogP contribution in [0.4, 0.5) is 0 Å². The Morgan fingerprint density at radius 1 is 1.00 bits per heavy atom. The number of hydrogen-bond donors (Lipinski definition) is 0. The van der Waals surface area contributed by atoms with Crippen LogP contribution in [0.25, 0.3) is 0 Å². The van der Waals surface area contributed by atoms with Crippen LogP contribution in [0.15, 0.2) is 0 Å². The van der Waals surface area contributed by atoms with Crippen LogP contribution in [0.2, 0.25) is 0 Å². The van der Waals surface area contributed by atoms with Crippen molar-refractivity contribution >= 4 is 0 Å². The molecule has 0 saturated heterocycles. The van der Waals surface area contributed by atoms with Gasteiger partial charge in [0, 0.05) is 17.1 Å². The van der Waals surface area contributed by atoms with Crippen molar-refractivity contribution in [2.75, 3.05) is 0 Å². The molecule has 6 heavy (non-hydrogen) atoms. The quantitative estimate of drug-likeness (QED) is 0.333. The van der Waals surface area contributed by atoms with E-state index in [1.165, 1.54) is 0 Å². The van der Waals surface area contributed by atoms with Gasteiger partial charge in [-0.05, 0) is 0 Å². The largest absolute Gasteiger partial charge is 1.00 e. The van der Waals surface area contributed by atoms with Gasteiger partial charge in [-0.15, -0.1) is 0 Å². The summed E-state index contributed by atoms with van der Waals surface area (Å²) < 4.78 is 25.2. The molecule has 0 saturated carbocycles. The molecular weight excluding hydrogens is 162 g/mol. The second kappa shape index (κ2) is 9.85. The van der Waals surface area contributed by atoms with Gasteiger partial charge in [-0.2, -0.15) is 0 Å². The van der Waals surface area contributed by atoms with Gasteiger partial charge in [0.2, 0.25) is 0 Å². The molecule has 0 heterocycles. The summed E-state index contributed by atoms with van der Waals surface area (Å²) in [6.07, 6.45) is 0. The monoisotopic (exact) mass is 162 g/mol. The summed E-state index contributed by atoms with van der Waals surface area (Å²) >= 11 is 0. The Morgan fingerprint density at radius 3 is 1.00 bits per heavy atom. The smallest absolute Gasteiger partial charge is 0.357 e. The zero-order chi connectivity index (χ0) is 3.58. The van der Waals surface area contributed by atoms with Gasteiger partial charge in [-0.25, -0.2) is 0 Å². The molecule has 0 unspecified atom stereocenters. The first kappa shape index (κ1) is 15.6. The van der Waals surface area contributed by atoms with Gasteiger partial charge >= 0.3 is 29.6 Å². The Balaban J connectivity index is -0.0000000450. The van der Waals surface area contributed by atoms with E-state index in [0.717, 1.165) is 0 Å². The zero-order valence-corrected chi connectivity index (χ0v) is 6.82. The Hall–Kier alpha value is 1.69. The molecule has 3 nitrogen and oxygen atoms in total. The van der Waals surface area contributed by atoms with E-state index >= 15 is 0 Å². The van der Waals surface area contributed by atoms with E-state index in [1.54, 1.807) is 0 Å². The Morgan fingerprint density at radius 2 is 1.00 bits per heavy atom. The Kier molecular flexibility index (Phi) is 25.7. The molecule has 34 valence electrons. The molecule has 0 rings (SSSR count). The maximum absolute atomic E-state index is 8.41. The fourth-order valence-electron chi connectivity index (χ4n) is 0. The molecule has 0 fully saturated rings. The average Bonchev–Trinajstić information content (AvgIpc) is 0.811. The normalized spacial score (nSPS) is 6.00. The molecule has 6 heteroatoms. The fraction of sp³-hybridized carbons (Fsp3) is 0. The topological polar surface area (TPSA) is 69.2 Å². The molecular formula is ClFeNaO3. The summed E-state index contributed by atoms with van der Waals surface area (Å²) in [5, 5.41) is 0. The predicted molar refractivity (Wildman–Crippen MR) is 0 cm³/mol. The van der Waals surface area contributed by atoms with Gasteiger partial charge in [0.15, 0.2) is 0 Å². The molecule has 0 atom stereocenters. The van der Waals surface area contributed by atoms with Crippen LogP contribution in [-0.2, 0) is 17.1 Å². The van der Waals surface area contributed by atoms with Crippen LogP contribution in [0.5, 0.6) is 0 Å². The third-order valence-electron chi connectivity index (χ3n) is 0. The number of rotatable bonds is 0. The van der Waals surface area contributed by atoms with E-state index in [9.17, 15) is 0 Å². The minimum Gasteiger partial charge on any atom is -0.357 e. The first-order valence-electron chi connectivity index (χ1n) is 0.463. The predicted octanol–water partition coefficient (Wildman–Crippen LogP) is -6.57. The third kappa shape index (κ3) is 43.8. The van der Waals surface area contributed by atoms with Gasteiger partial charge in [-0.3, -0.25) is 0 Å². The molecule has 0 aromatic rings. The van der Waals surface area contributed by atoms with E-state index < -0.39 is 10.8 Å². The number of halogens is 1. The molecule has 0 radical (unpaired) electrons. The SMILES string of the molecule is [Fe].[Na+].[O-][Cl+2]([O-])[O-]. The van der Waals surface area contributed by atoms with E-state index in [2.05, 4.69) is 0 Å². The summed E-state index contributed by atoms with van der Waals surface area (Å²) in [7, 11) is -2.85. The van der Waals surface area contributed by atoms with E-state index in [0.29, 0.717) is 0 Å². The minimum absolute atomic E-state index is 0. The third-order valence-corrected chi connectivity index (χ3v) is 0. The molecule has 0 N–H and O–H groups in total. The molecule has 0 aromatic heterocycles. The van der Waals surface area contributed by atoms with Gasteiger partial charge < -0.3 is 14.0 Å². The maximum atomic E-state index is 8.41. The molecule has 0 aliphatic carbocycles. The van der Waals surface area contributed by atoms with Gasteiger partial charge in [0.1, 0.15) is 0 Å². The van der Waals surface area contributed by atoms with Crippen LogP contribution < -0.4 is 43.5 Å². The van der Waals surface area contributed by atoms with Crippen LogP contribution in [0, 0.1) is 10.8 Å². The van der Waals surface area contributed by atoms with Crippen LogP contribution in [0.1, 0.15) is 0 Å². The van der Waals surface area contributed by atoms with Gasteiger partial charge in [0.05, 0.1) is 10.8 Å². The summed E-state index contributed by atoms with van der Waals surface area (Å²) in [5.74, 6) is 0. The summed E-state index contributed by atoms with van der Waals surface area (Å²) in [6.45, 7) is 0. The average molecular weight is 162 g/mol. The molecule has 0 aliphatic heterocycles. The van der Waals surface area contributed by atoms with E-state index in [4.69, 9.17) is 14.0 Å². The fourth-order valence-corrected chi connectivity index (χ4v) is 0. The summed E-state index contributed by atoms with van der Waals surface area (Å²) in [5.41, 5.74) is 0. The standard InChI is InChI=1S/ClO3.Fe.Na/c2-1(3)4;;/q-1;;+1. The van der Waals surface area contributed by atoms with Crippen LogP contribution in [0.3, 0.4) is 0 Å². The van der Waals surface area contributed by atoms with E-state index in [-0.39, 0.29) is 46.6 Å². The first-order valence-corrected chi connectivity index (χ1v) is 1.39. The Labute approximate surface area is 70.9 Å². The molecule has 0 amide bonds. The van der Waals surface area contributed by atoms with Crippen molar-refractivity contribution in [1.29, 1.82) is 0 Å². The summed E-state index contributed by atoms with van der Waals surface area (Å²) in [4.78, 5) is 0. The van der Waals surface area contributed by atoms with Crippen molar-refractivity contribution in [3.63, 3.8) is 0 Å². The molecule has 0 bridgehead atoms. The Bertz CT molecular complexity index is 15.5. The summed E-state index contributed by atoms with van der Waals surface area (Å²) in [6, 6.07) is 0. The van der Waals surface area contributed by atoms with Crippen LogP contribution >= 0.6 is 0 Å². The van der Waals surface area contributed by atoms with Crippen molar-refractivity contribution in [2.45, 2.75) is 0 Å².